The second-order valence-corrected chi connectivity index (χ2v) is 11.6. The van der Waals surface area contributed by atoms with Crippen molar-refractivity contribution >= 4 is 72.6 Å². The number of benzene rings is 3. The van der Waals surface area contributed by atoms with Crippen LogP contribution in [0.4, 0.5) is 10.8 Å². The molecule has 1 aliphatic heterocycles. The number of rotatable bonds is 6. The van der Waals surface area contributed by atoms with Gasteiger partial charge in [-0.1, -0.05) is 23.7 Å². The van der Waals surface area contributed by atoms with E-state index in [1.165, 1.54) is 47.7 Å². The van der Waals surface area contributed by atoms with Crippen LogP contribution in [0.5, 0.6) is 0 Å². The van der Waals surface area contributed by atoms with Crippen molar-refractivity contribution < 1.29 is 17.6 Å². The van der Waals surface area contributed by atoms with Crippen LogP contribution in [0.25, 0.3) is 17.0 Å². The van der Waals surface area contributed by atoms with Crippen molar-refractivity contribution in [3.63, 3.8) is 0 Å². The summed E-state index contributed by atoms with van der Waals surface area (Å²) in [5.41, 5.74) is 1.27. The summed E-state index contributed by atoms with van der Waals surface area (Å²) in [6.07, 6.45) is 4.17. The molecule has 0 bridgehead atoms. The molecule has 0 radical (unpaired) electrons. The van der Waals surface area contributed by atoms with Crippen LogP contribution >= 0.6 is 22.9 Å². The number of amidine groups is 1. The average molecular weight is 589 g/mol. The zero-order valence-corrected chi connectivity index (χ0v) is 22.7. The van der Waals surface area contributed by atoms with E-state index >= 15 is 0 Å². The minimum Gasteiger partial charge on any atom is -0.463 e. The Morgan fingerprint density at radius 2 is 1.73 bits per heavy atom. The van der Waals surface area contributed by atoms with Crippen molar-refractivity contribution in [2.75, 3.05) is 9.62 Å². The number of carbonyl (C=O) groups excluding carboxylic acids is 1. The molecule has 40 heavy (non-hydrogen) atoms. The molecule has 0 saturated heterocycles. The molecule has 1 N–H and O–H groups in total. The van der Waals surface area contributed by atoms with Crippen LogP contribution in [0.3, 0.4) is 0 Å². The van der Waals surface area contributed by atoms with E-state index in [1.807, 2.05) is 0 Å². The van der Waals surface area contributed by atoms with E-state index in [1.54, 1.807) is 53.9 Å². The molecule has 0 aliphatic carbocycles. The molecule has 0 fully saturated rings. The van der Waals surface area contributed by atoms with E-state index in [0.29, 0.717) is 27.2 Å². The van der Waals surface area contributed by atoms with Crippen molar-refractivity contribution in [3.05, 3.63) is 123 Å². The molecular weight excluding hydrogens is 572 g/mol. The van der Waals surface area contributed by atoms with E-state index in [0.717, 1.165) is 11.3 Å². The number of nitrogens with zero attached hydrogens (tertiary/aromatic N) is 3. The predicted octanol–water partition coefficient (Wildman–Crippen LogP) is 5.54. The van der Waals surface area contributed by atoms with Crippen molar-refractivity contribution in [2.45, 2.75) is 4.90 Å². The van der Waals surface area contributed by atoms with Gasteiger partial charge in [0.25, 0.3) is 15.9 Å². The van der Waals surface area contributed by atoms with E-state index in [2.05, 4.69) is 14.7 Å². The summed E-state index contributed by atoms with van der Waals surface area (Å²) in [6.45, 7) is 0. The van der Waals surface area contributed by atoms with Gasteiger partial charge >= 0.3 is 0 Å². The maximum Gasteiger partial charge on any atom is 0.282 e. The molecule has 6 rings (SSSR count). The Hall–Kier alpha value is -4.58. The quantitative estimate of drug-likeness (QED) is 0.260. The van der Waals surface area contributed by atoms with E-state index < -0.39 is 15.9 Å². The first-order valence-electron chi connectivity index (χ1n) is 11.7. The Labute approximate surface area is 236 Å². The Morgan fingerprint density at radius 3 is 2.45 bits per heavy atom. The second kappa shape index (κ2) is 10.2. The predicted molar refractivity (Wildman–Crippen MR) is 155 cm³/mol. The molecule has 2 aromatic heterocycles. The first-order valence-corrected chi connectivity index (χ1v) is 14.5. The lowest BCUT2D eigenvalue weighted by molar-refractivity contribution is -0.113. The number of nitrogens with one attached hydrogen (secondary N) is 1. The van der Waals surface area contributed by atoms with Gasteiger partial charge in [-0.3, -0.25) is 19.2 Å². The first-order chi connectivity index (χ1) is 19.3. The summed E-state index contributed by atoms with van der Waals surface area (Å²) in [5, 5.41) is 2.78. The highest BCUT2D eigenvalue weighted by molar-refractivity contribution is 7.93. The molecule has 0 saturated carbocycles. The van der Waals surface area contributed by atoms with Gasteiger partial charge in [-0.05, 0) is 66.7 Å². The zero-order chi connectivity index (χ0) is 27.9. The molecule has 198 valence electrons. The third-order valence-corrected chi connectivity index (χ3v) is 8.45. The van der Waals surface area contributed by atoms with Gasteiger partial charge in [0.15, 0.2) is 10.6 Å². The number of aliphatic imine (C=N–C) groups is 1. The summed E-state index contributed by atoms with van der Waals surface area (Å²) >= 11 is 7.22. The van der Waals surface area contributed by atoms with Gasteiger partial charge in [0.05, 0.1) is 21.5 Å². The zero-order valence-electron chi connectivity index (χ0n) is 20.3. The Morgan fingerprint density at radius 1 is 0.975 bits per heavy atom. The number of carbonyl (C=O) groups is 1. The molecule has 3 heterocycles. The normalized spacial score (nSPS) is 14.6. The molecule has 12 heteroatoms. The SMILES string of the molecule is O=C1/C(=C/c2coc3ccccc3c2=O)N=C(c2ccc(Cl)cc2)N1c1ccc(S(=O)(=O)Nc2nccs2)cc1. The monoisotopic (exact) mass is 588 g/mol. The maximum absolute atomic E-state index is 13.7. The molecule has 9 nitrogen and oxygen atoms in total. The van der Waals surface area contributed by atoms with Gasteiger partial charge in [0.2, 0.25) is 0 Å². The summed E-state index contributed by atoms with van der Waals surface area (Å²) in [5.74, 6) is -0.219. The maximum atomic E-state index is 13.7. The van der Waals surface area contributed by atoms with Gasteiger partial charge in [-0.15, -0.1) is 11.3 Å². The van der Waals surface area contributed by atoms with Crippen LogP contribution in [0, 0.1) is 0 Å². The fraction of sp³-hybridized carbons (Fsp3) is 0. The lowest BCUT2D eigenvalue weighted by atomic mass is 10.1. The molecular formula is C28H17ClN4O5S2. The van der Waals surface area contributed by atoms with Gasteiger partial charge in [-0.25, -0.2) is 18.4 Å². The summed E-state index contributed by atoms with van der Waals surface area (Å²) < 4.78 is 33.6. The highest BCUT2D eigenvalue weighted by Crippen LogP contribution is 2.30. The van der Waals surface area contributed by atoms with Gasteiger partial charge in [0.1, 0.15) is 23.4 Å². The average Bonchev–Trinajstić information content (AvgIpc) is 3.58. The van der Waals surface area contributed by atoms with E-state index in [-0.39, 0.29) is 32.6 Å². The summed E-state index contributed by atoms with van der Waals surface area (Å²) in [4.78, 5) is 36.6. The fourth-order valence-corrected chi connectivity index (χ4v) is 6.03. The summed E-state index contributed by atoms with van der Waals surface area (Å²) in [6, 6.07) is 19.4. The number of hydrogen-bond donors (Lipinski definition) is 1. The first kappa shape index (κ1) is 25.7. The standard InChI is InChI=1S/C28H17ClN4O5S2/c29-19-7-5-17(6-8-19)26-31-23(15-18-16-38-24-4-2-1-3-22(24)25(18)34)27(35)33(26)20-9-11-21(12-10-20)40(36,37)32-28-30-13-14-39-28/h1-16H,(H,30,32)/b23-15-. The van der Waals surface area contributed by atoms with Crippen LogP contribution in [0.1, 0.15) is 11.1 Å². The Kier molecular flexibility index (Phi) is 6.54. The van der Waals surface area contributed by atoms with Crippen LogP contribution < -0.4 is 15.1 Å². The number of thiazole rings is 1. The number of fused-ring (bicyclic) bond motifs is 1. The highest BCUT2D eigenvalue weighted by atomic mass is 35.5. The molecule has 5 aromatic rings. The van der Waals surface area contributed by atoms with Crippen molar-refractivity contribution in [2.24, 2.45) is 4.99 Å². The molecule has 1 aliphatic rings. The fourth-order valence-electron chi connectivity index (χ4n) is 4.11. The van der Waals surface area contributed by atoms with Crippen molar-refractivity contribution in [3.8, 4) is 0 Å². The number of halogens is 1. The van der Waals surface area contributed by atoms with Crippen molar-refractivity contribution in [1.82, 2.24) is 4.98 Å². The van der Waals surface area contributed by atoms with Crippen LogP contribution in [0.2, 0.25) is 5.02 Å². The number of hydrogen-bond acceptors (Lipinski definition) is 8. The summed E-state index contributed by atoms with van der Waals surface area (Å²) in [7, 11) is -3.89. The third-order valence-electron chi connectivity index (χ3n) is 6.02. The van der Waals surface area contributed by atoms with E-state index in [9.17, 15) is 18.0 Å². The number of para-hydroxylation sites is 1. The van der Waals surface area contributed by atoms with Crippen LogP contribution in [0.15, 0.2) is 115 Å². The largest absolute Gasteiger partial charge is 0.463 e. The van der Waals surface area contributed by atoms with E-state index in [4.69, 9.17) is 16.0 Å². The molecule has 0 atom stereocenters. The van der Waals surface area contributed by atoms with Crippen LogP contribution in [-0.4, -0.2) is 25.1 Å². The van der Waals surface area contributed by atoms with Crippen LogP contribution in [-0.2, 0) is 14.8 Å². The number of aromatic nitrogens is 1. The van der Waals surface area contributed by atoms with Gasteiger partial charge in [-0.2, -0.15) is 0 Å². The number of sulfonamides is 1. The Bertz CT molecular complexity index is 1980. The molecule has 1 amide bonds. The number of amides is 1. The minimum atomic E-state index is -3.89. The molecule has 0 spiro atoms. The Balaban J connectivity index is 1.40. The topological polar surface area (TPSA) is 122 Å². The van der Waals surface area contributed by atoms with Crippen molar-refractivity contribution in [1.29, 1.82) is 0 Å². The lowest BCUT2D eigenvalue weighted by Crippen LogP contribution is -2.32. The van der Waals surface area contributed by atoms with Gasteiger partial charge < -0.3 is 4.42 Å². The second-order valence-electron chi connectivity index (χ2n) is 8.57. The molecule has 0 unspecified atom stereocenters. The third kappa shape index (κ3) is 4.81. The van der Waals surface area contributed by atoms with Gasteiger partial charge in [0, 0.05) is 22.2 Å². The number of anilines is 2. The molecule has 3 aromatic carbocycles. The lowest BCUT2D eigenvalue weighted by Gasteiger charge is -2.19. The minimum absolute atomic E-state index is 0.00684. The smallest absolute Gasteiger partial charge is 0.282 e. The highest BCUT2D eigenvalue weighted by Gasteiger charge is 2.33.